The zero-order chi connectivity index (χ0) is 21.4. The van der Waals surface area contributed by atoms with Crippen molar-refractivity contribution in [2.45, 2.75) is 19.9 Å². The van der Waals surface area contributed by atoms with Crippen molar-refractivity contribution in [1.29, 1.82) is 0 Å². The molecular formula is C21H22ClN7O2. The highest BCUT2D eigenvalue weighted by atomic mass is 35.5. The van der Waals surface area contributed by atoms with Crippen LogP contribution in [0, 0.1) is 6.92 Å². The Labute approximate surface area is 183 Å². The molecule has 1 aliphatic heterocycles. The number of rotatable bonds is 5. The lowest BCUT2D eigenvalue weighted by molar-refractivity contribution is 0.0369. The third-order valence-corrected chi connectivity index (χ3v) is 5.84. The maximum absolute atomic E-state index is 13.0. The molecule has 3 aromatic heterocycles. The van der Waals surface area contributed by atoms with Crippen molar-refractivity contribution in [2.75, 3.05) is 32.8 Å². The van der Waals surface area contributed by atoms with Gasteiger partial charge in [0, 0.05) is 31.2 Å². The van der Waals surface area contributed by atoms with Gasteiger partial charge in [-0.15, -0.1) is 10.2 Å². The Balaban J connectivity index is 1.47. The summed E-state index contributed by atoms with van der Waals surface area (Å²) in [7, 11) is 0. The van der Waals surface area contributed by atoms with Gasteiger partial charge in [-0.25, -0.2) is 4.98 Å². The molecule has 0 atom stereocenters. The predicted molar refractivity (Wildman–Crippen MR) is 117 cm³/mol. The summed E-state index contributed by atoms with van der Waals surface area (Å²) in [6.07, 6.45) is 2.43. The highest BCUT2D eigenvalue weighted by Gasteiger charge is 2.18. The maximum Gasteiger partial charge on any atom is 0.283 e. The second-order valence-electron chi connectivity index (χ2n) is 7.63. The van der Waals surface area contributed by atoms with Crippen LogP contribution >= 0.6 is 11.6 Å². The molecule has 10 heteroatoms. The van der Waals surface area contributed by atoms with Gasteiger partial charge in [0.1, 0.15) is 6.33 Å². The first-order valence-electron chi connectivity index (χ1n) is 10.3. The highest BCUT2D eigenvalue weighted by molar-refractivity contribution is 6.30. The van der Waals surface area contributed by atoms with Gasteiger partial charge in [0.25, 0.3) is 5.56 Å². The first kappa shape index (κ1) is 20.0. The summed E-state index contributed by atoms with van der Waals surface area (Å²) in [5.74, 6) is 0. The average Bonchev–Trinajstić information content (AvgIpc) is 3.13. The van der Waals surface area contributed by atoms with Crippen molar-refractivity contribution in [1.82, 2.24) is 34.3 Å². The summed E-state index contributed by atoms with van der Waals surface area (Å²) < 4.78 is 8.57. The first-order valence-corrected chi connectivity index (χ1v) is 10.7. The van der Waals surface area contributed by atoms with Crippen molar-refractivity contribution >= 4 is 28.4 Å². The molecular weight excluding hydrogens is 418 g/mol. The van der Waals surface area contributed by atoms with Crippen LogP contribution in [-0.4, -0.2) is 67.1 Å². The molecule has 0 unspecified atom stereocenters. The van der Waals surface area contributed by atoms with Crippen molar-refractivity contribution < 1.29 is 4.74 Å². The molecule has 1 aliphatic rings. The first-order chi connectivity index (χ1) is 15.1. The number of halogens is 1. The molecule has 1 fully saturated rings. The Morgan fingerprint density at radius 1 is 1.06 bits per heavy atom. The Bertz CT molecular complexity index is 1290. The monoisotopic (exact) mass is 439 g/mol. The Morgan fingerprint density at radius 3 is 2.61 bits per heavy atom. The fourth-order valence-electron chi connectivity index (χ4n) is 3.97. The van der Waals surface area contributed by atoms with Crippen LogP contribution in [0.2, 0.25) is 5.02 Å². The molecule has 1 aromatic carbocycles. The summed E-state index contributed by atoms with van der Waals surface area (Å²) in [6.45, 7) is 6.80. The topological polar surface area (TPSA) is 90.4 Å². The maximum atomic E-state index is 13.0. The van der Waals surface area contributed by atoms with Crippen molar-refractivity contribution in [3.8, 4) is 11.1 Å². The second kappa shape index (κ2) is 8.33. The van der Waals surface area contributed by atoms with Gasteiger partial charge in [-0.1, -0.05) is 23.7 Å². The average molecular weight is 440 g/mol. The summed E-state index contributed by atoms with van der Waals surface area (Å²) in [4.78, 5) is 19.8. The van der Waals surface area contributed by atoms with E-state index in [0.717, 1.165) is 56.1 Å². The molecule has 0 N–H and O–H groups in total. The van der Waals surface area contributed by atoms with E-state index < -0.39 is 0 Å². The van der Waals surface area contributed by atoms with E-state index in [9.17, 15) is 4.79 Å². The van der Waals surface area contributed by atoms with E-state index in [1.165, 1.54) is 0 Å². The van der Waals surface area contributed by atoms with Crippen LogP contribution in [0.1, 0.15) is 12.1 Å². The van der Waals surface area contributed by atoms with E-state index in [1.807, 2.05) is 31.2 Å². The van der Waals surface area contributed by atoms with Gasteiger partial charge in [-0.3, -0.25) is 14.3 Å². The summed E-state index contributed by atoms with van der Waals surface area (Å²) in [6, 6.07) is 7.47. The number of benzene rings is 1. The molecule has 0 bridgehead atoms. The van der Waals surface area contributed by atoms with E-state index in [-0.39, 0.29) is 11.1 Å². The largest absolute Gasteiger partial charge is 0.379 e. The van der Waals surface area contributed by atoms with Gasteiger partial charge >= 0.3 is 0 Å². The van der Waals surface area contributed by atoms with Crippen molar-refractivity contribution in [2.24, 2.45) is 0 Å². The van der Waals surface area contributed by atoms with Crippen LogP contribution in [0.3, 0.4) is 0 Å². The molecule has 4 aromatic rings. The molecule has 4 heterocycles. The molecule has 9 nitrogen and oxygen atoms in total. The molecule has 5 rings (SSSR count). The van der Waals surface area contributed by atoms with Crippen LogP contribution in [-0.2, 0) is 11.3 Å². The number of ether oxygens (including phenoxy) is 1. The minimum absolute atomic E-state index is 0.206. The lowest BCUT2D eigenvalue weighted by Gasteiger charge is -2.26. The zero-order valence-electron chi connectivity index (χ0n) is 17.2. The third-order valence-electron chi connectivity index (χ3n) is 5.59. The molecule has 160 valence electrons. The Morgan fingerprint density at radius 2 is 1.84 bits per heavy atom. The van der Waals surface area contributed by atoms with E-state index in [4.69, 9.17) is 16.3 Å². The summed E-state index contributed by atoms with van der Waals surface area (Å²) >= 11 is 6.02. The Kier molecular flexibility index (Phi) is 5.39. The zero-order valence-corrected chi connectivity index (χ0v) is 17.9. The summed E-state index contributed by atoms with van der Waals surface area (Å²) in [5, 5.41) is 13.8. The summed E-state index contributed by atoms with van der Waals surface area (Å²) in [5.41, 5.74) is 3.53. The number of aromatic nitrogens is 6. The second-order valence-corrected chi connectivity index (χ2v) is 8.06. The van der Waals surface area contributed by atoms with Gasteiger partial charge in [0.15, 0.2) is 16.8 Å². The minimum Gasteiger partial charge on any atom is -0.379 e. The van der Waals surface area contributed by atoms with Crippen LogP contribution in [0.25, 0.3) is 27.9 Å². The quantitative estimate of drug-likeness (QED) is 0.470. The molecule has 0 saturated carbocycles. The van der Waals surface area contributed by atoms with E-state index >= 15 is 0 Å². The van der Waals surface area contributed by atoms with Gasteiger partial charge in [0.2, 0.25) is 0 Å². The molecule has 0 aliphatic carbocycles. The number of hydrogen-bond acceptors (Lipinski definition) is 7. The smallest absolute Gasteiger partial charge is 0.283 e. The molecule has 0 spiro atoms. The van der Waals surface area contributed by atoms with Gasteiger partial charge in [0.05, 0.1) is 24.5 Å². The van der Waals surface area contributed by atoms with Crippen LogP contribution in [0.15, 0.2) is 35.4 Å². The molecule has 31 heavy (non-hydrogen) atoms. The van der Waals surface area contributed by atoms with Gasteiger partial charge in [-0.05, 0) is 31.0 Å². The minimum atomic E-state index is -0.206. The van der Waals surface area contributed by atoms with E-state index in [2.05, 4.69) is 25.2 Å². The molecule has 0 radical (unpaired) electrons. The number of aryl methyl sites for hydroxylation is 2. The normalized spacial score (nSPS) is 15.2. The lowest BCUT2D eigenvalue weighted by atomic mass is 10.1. The van der Waals surface area contributed by atoms with Gasteiger partial charge < -0.3 is 4.74 Å². The van der Waals surface area contributed by atoms with Crippen LogP contribution < -0.4 is 5.56 Å². The Hall–Kier alpha value is -2.88. The SMILES string of the molecule is Cc1nn2c(nnc3c(=O)n(CCCN4CCOCC4)cnc32)c1-c1ccc(Cl)cc1. The van der Waals surface area contributed by atoms with E-state index in [0.29, 0.717) is 22.9 Å². The number of fused-ring (bicyclic) bond motifs is 3. The fraction of sp³-hybridized carbons (Fsp3) is 0.381. The third kappa shape index (κ3) is 3.80. The van der Waals surface area contributed by atoms with Crippen molar-refractivity contribution in [3.63, 3.8) is 0 Å². The van der Waals surface area contributed by atoms with Crippen LogP contribution in [0.5, 0.6) is 0 Å². The molecule has 0 amide bonds. The number of hydrogen-bond donors (Lipinski definition) is 0. The number of morpholine rings is 1. The standard InChI is InChI=1S/C21H22ClN7O2/c1-14-17(15-3-5-16(22)6-4-15)19-25-24-18-20(29(19)26-14)23-13-28(21(18)30)8-2-7-27-9-11-31-12-10-27/h3-6,13H,2,7-12H2,1H3. The van der Waals surface area contributed by atoms with E-state index in [1.54, 1.807) is 15.4 Å². The van der Waals surface area contributed by atoms with Crippen LogP contribution in [0.4, 0.5) is 0 Å². The number of nitrogens with zero attached hydrogens (tertiary/aromatic N) is 7. The lowest BCUT2D eigenvalue weighted by Crippen LogP contribution is -2.37. The highest BCUT2D eigenvalue weighted by Crippen LogP contribution is 2.28. The predicted octanol–water partition coefficient (Wildman–Crippen LogP) is 2.19. The van der Waals surface area contributed by atoms with Crippen molar-refractivity contribution in [3.05, 3.63) is 51.7 Å². The van der Waals surface area contributed by atoms with Gasteiger partial charge in [-0.2, -0.15) is 9.61 Å². The fourth-order valence-corrected chi connectivity index (χ4v) is 4.09. The molecule has 1 saturated heterocycles.